The van der Waals surface area contributed by atoms with Crippen LogP contribution in [0.3, 0.4) is 0 Å². The van der Waals surface area contributed by atoms with Gasteiger partial charge < -0.3 is 15.1 Å². The molecule has 4 nitrogen and oxygen atoms in total. The summed E-state index contributed by atoms with van der Waals surface area (Å²) in [5.41, 5.74) is 2.05. The molecule has 0 spiro atoms. The molecule has 3 rings (SSSR count). The van der Waals surface area contributed by atoms with Crippen molar-refractivity contribution < 1.29 is 4.79 Å². The average Bonchev–Trinajstić information content (AvgIpc) is 2.67. The van der Waals surface area contributed by atoms with Gasteiger partial charge in [0.05, 0.1) is 0 Å². The second-order valence-corrected chi connectivity index (χ2v) is 7.13. The predicted molar refractivity (Wildman–Crippen MR) is 98.4 cm³/mol. The highest BCUT2D eigenvalue weighted by Crippen LogP contribution is 2.22. The molecule has 2 heterocycles. The van der Waals surface area contributed by atoms with E-state index in [1.807, 2.05) is 25.2 Å². The lowest BCUT2D eigenvalue weighted by Crippen LogP contribution is -2.48. The van der Waals surface area contributed by atoms with E-state index in [0.717, 1.165) is 50.0 Å². The van der Waals surface area contributed by atoms with Gasteiger partial charge in [0.15, 0.2) is 0 Å². The highest BCUT2D eigenvalue weighted by molar-refractivity contribution is 5.95. The number of benzene rings is 1. The highest BCUT2D eigenvalue weighted by atomic mass is 16.2. The van der Waals surface area contributed by atoms with Gasteiger partial charge in [-0.3, -0.25) is 4.79 Å². The van der Waals surface area contributed by atoms with Gasteiger partial charge >= 0.3 is 0 Å². The first-order chi connectivity index (χ1) is 11.8. The number of nitrogens with zero attached hydrogens (tertiary/aromatic N) is 2. The first-order valence-electron chi connectivity index (χ1n) is 9.55. The molecule has 1 aromatic carbocycles. The van der Waals surface area contributed by atoms with E-state index in [2.05, 4.69) is 21.2 Å². The van der Waals surface area contributed by atoms with Crippen LogP contribution in [0.5, 0.6) is 0 Å². The fraction of sp³-hybridized carbons (Fsp3) is 0.650. The number of rotatable bonds is 5. The van der Waals surface area contributed by atoms with Crippen LogP contribution in [0, 0.1) is 0 Å². The number of carbonyl (C=O) groups is 1. The summed E-state index contributed by atoms with van der Waals surface area (Å²) < 4.78 is 0. The quantitative estimate of drug-likeness (QED) is 0.902. The van der Waals surface area contributed by atoms with Gasteiger partial charge in [-0.1, -0.05) is 24.6 Å². The number of carbonyl (C=O) groups excluding carboxylic acids is 1. The van der Waals surface area contributed by atoms with Gasteiger partial charge in [0.25, 0.3) is 5.91 Å². The molecule has 4 heteroatoms. The first kappa shape index (κ1) is 17.4. The van der Waals surface area contributed by atoms with E-state index in [1.54, 1.807) is 0 Å². The van der Waals surface area contributed by atoms with E-state index in [0.29, 0.717) is 6.04 Å². The van der Waals surface area contributed by atoms with Crippen molar-refractivity contribution in [1.29, 1.82) is 0 Å². The molecule has 1 aromatic rings. The fourth-order valence-electron chi connectivity index (χ4n) is 4.09. The molecule has 2 aliphatic rings. The van der Waals surface area contributed by atoms with Crippen LogP contribution in [0.4, 0.5) is 0 Å². The maximum Gasteiger partial charge on any atom is 0.254 e. The van der Waals surface area contributed by atoms with Crippen LogP contribution in [0.2, 0.25) is 0 Å². The third-order valence-electron chi connectivity index (χ3n) is 5.55. The maximum absolute atomic E-state index is 13.0. The molecule has 0 radical (unpaired) electrons. The summed E-state index contributed by atoms with van der Waals surface area (Å²) in [5, 5.41) is 3.17. The molecule has 2 saturated heterocycles. The lowest BCUT2D eigenvalue weighted by molar-refractivity contribution is 0.0589. The zero-order chi connectivity index (χ0) is 16.8. The van der Waals surface area contributed by atoms with Crippen molar-refractivity contribution in [3.05, 3.63) is 35.4 Å². The third kappa shape index (κ3) is 4.17. The minimum atomic E-state index is 0.221. The Morgan fingerprint density at radius 3 is 2.50 bits per heavy atom. The van der Waals surface area contributed by atoms with Crippen molar-refractivity contribution in [2.24, 2.45) is 0 Å². The Morgan fingerprint density at radius 1 is 1.08 bits per heavy atom. The third-order valence-corrected chi connectivity index (χ3v) is 5.55. The van der Waals surface area contributed by atoms with Crippen molar-refractivity contribution in [3.8, 4) is 0 Å². The molecule has 2 fully saturated rings. The molecule has 0 atom stereocenters. The number of likely N-dealkylation sites (tertiary alicyclic amines) is 2. The Kier molecular flexibility index (Phi) is 6.27. The molecule has 0 aliphatic carbocycles. The van der Waals surface area contributed by atoms with Gasteiger partial charge in [0.2, 0.25) is 0 Å². The Hall–Kier alpha value is -1.39. The normalized spacial score (nSPS) is 20.3. The van der Waals surface area contributed by atoms with Crippen molar-refractivity contribution in [3.63, 3.8) is 0 Å². The molecule has 0 unspecified atom stereocenters. The summed E-state index contributed by atoms with van der Waals surface area (Å²) in [6.07, 6.45) is 7.24. The van der Waals surface area contributed by atoms with Gasteiger partial charge in [-0.15, -0.1) is 0 Å². The molecule has 0 bridgehead atoms. The van der Waals surface area contributed by atoms with Crippen LogP contribution in [-0.2, 0) is 6.42 Å². The lowest BCUT2D eigenvalue weighted by Gasteiger charge is -2.40. The van der Waals surface area contributed by atoms with Crippen molar-refractivity contribution in [2.45, 2.75) is 44.6 Å². The standard InChI is InChI=1S/C20H31N3O/c1-21-12-9-17-7-3-4-8-19(17)20(24)23-15-10-18(11-16-23)22-13-5-2-6-14-22/h3-4,7-8,18,21H,2,5-6,9-16H2,1H3. The monoisotopic (exact) mass is 329 g/mol. The van der Waals surface area contributed by atoms with Crippen LogP contribution >= 0.6 is 0 Å². The summed E-state index contributed by atoms with van der Waals surface area (Å²) in [5.74, 6) is 0.221. The Morgan fingerprint density at radius 2 is 1.79 bits per heavy atom. The van der Waals surface area contributed by atoms with Gasteiger partial charge in [0.1, 0.15) is 0 Å². The number of nitrogens with one attached hydrogen (secondary N) is 1. The number of hydrogen-bond donors (Lipinski definition) is 1. The van der Waals surface area contributed by atoms with E-state index in [1.165, 1.54) is 32.4 Å². The number of piperidine rings is 2. The fourth-order valence-corrected chi connectivity index (χ4v) is 4.09. The molecular formula is C20H31N3O. The van der Waals surface area contributed by atoms with Crippen LogP contribution in [0.1, 0.15) is 48.0 Å². The zero-order valence-electron chi connectivity index (χ0n) is 15.0. The second kappa shape index (κ2) is 8.63. The summed E-state index contributed by atoms with van der Waals surface area (Å²) in [4.78, 5) is 17.7. The van der Waals surface area contributed by atoms with Crippen LogP contribution in [-0.4, -0.2) is 61.5 Å². The molecule has 2 aliphatic heterocycles. The predicted octanol–water partition coefficient (Wildman–Crippen LogP) is 2.54. The zero-order valence-corrected chi connectivity index (χ0v) is 15.0. The first-order valence-corrected chi connectivity index (χ1v) is 9.55. The minimum absolute atomic E-state index is 0.221. The SMILES string of the molecule is CNCCc1ccccc1C(=O)N1CCC(N2CCCCC2)CC1. The Balaban J connectivity index is 1.59. The highest BCUT2D eigenvalue weighted by Gasteiger charge is 2.28. The number of likely N-dealkylation sites (N-methyl/N-ethyl adjacent to an activating group) is 1. The van der Waals surface area contributed by atoms with Crippen LogP contribution < -0.4 is 5.32 Å². The maximum atomic E-state index is 13.0. The number of hydrogen-bond acceptors (Lipinski definition) is 3. The van der Waals surface area contributed by atoms with Gasteiger partial charge in [-0.05, 0) is 70.4 Å². The minimum Gasteiger partial charge on any atom is -0.339 e. The summed E-state index contributed by atoms with van der Waals surface area (Å²) >= 11 is 0. The second-order valence-electron chi connectivity index (χ2n) is 7.13. The summed E-state index contributed by atoms with van der Waals surface area (Å²) in [6.45, 7) is 5.22. The smallest absolute Gasteiger partial charge is 0.254 e. The molecule has 132 valence electrons. The molecule has 1 amide bonds. The Labute approximate surface area is 146 Å². The van der Waals surface area contributed by atoms with E-state index in [-0.39, 0.29) is 5.91 Å². The average molecular weight is 329 g/mol. The van der Waals surface area contributed by atoms with Crippen LogP contribution in [0.25, 0.3) is 0 Å². The van der Waals surface area contributed by atoms with E-state index >= 15 is 0 Å². The van der Waals surface area contributed by atoms with Gasteiger partial charge in [0, 0.05) is 24.7 Å². The van der Waals surface area contributed by atoms with Crippen molar-refractivity contribution in [1.82, 2.24) is 15.1 Å². The molecule has 0 saturated carbocycles. The topological polar surface area (TPSA) is 35.6 Å². The van der Waals surface area contributed by atoms with E-state index in [9.17, 15) is 4.79 Å². The van der Waals surface area contributed by atoms with Crippen LogP contribution in [0.15, 0.2) is 24.3 Å². The van der Waals surface area contributed by atoms with Crippen molar-refractivity contribution in [2.75, 3.05) is 39.8 Å². The molecule has 24 heavy (non-hydrogen) atoms. The van der Waals surface area contributed by atoms with E-state index < -0.39 is 0 Å². The van der Waals surface area contributed by atoms with Crippen molar-refractivity contribution >= 4 is 5.91 Å². The molecule has 1 N–H and O–H groups in total. The largest absolute Gasteiger partial charge is 0.339 e. The Bertz CT molecular complexity index is 531. The number of amides is 1. The summed E-state index contributed by atoms with van der Waals surface area (Å²) in [6, 6.07) is 8.78. The summed E-state index contributed by atoms with van der Waals surface area (Å²) in [7, 11) is 1.95. The van der Waals surface area contributed by atoms with Gasteiger partial charge in [-0.25, -0.2) is 0 Å². The lowest BCUT2D eigenvalue weighted by atomic mass is 9.98. The van der Waals surface area contributed by atoms with Gasteiger partial charge in [-0.2, -0.15) is 0 Å². The molecular weight excluding hydrogens is 298 g/mol. The van der Waals surface area contributed by atoms with E-state index in [4.69, 9.17) is 0 Å². The molecule has 0 aromatic heterocycles.